The molecule has 0 radical (unpaired) electrons. The molecule has 0 saturated carbocycles. The third-order valence-electron chi connectivity index (χ3n) is 4.65. The summed E-state index contributed by atoms with van der Waals surface area (Å²) in [6, 6.07) is 18.4. The van der Waals surface area contributed by atoms with Crippen molar-refractivity contribution in [2.75, 3.05) is 24.6 Å². The Morgan fingerprint density at radius 1 is 1.04 bits per heavy atom. The summed E-state index contributed by atoms with van der Waals surface area (Å²) in [7, 11) is 0. The highest BCUT2D eigenvalue weighted by molar-refractivity contribution is 7.99. The second-order valence-corrected chi connectivity index (χ2v) is 7.54. The lowest BCUT2D eigenvalue weighted by atomic mass is 10.0. The van der Waals surface area contributed by atoms with E-state index >= 15 is 0 Å². The minimum absolute atomic E-state index is 0.00154. The number of hydrogen-bond donors (Lipinski definition) is 1. The molecule has 1 unspecified atom stereocenters. The highest BCUT2D eigenvalue weighted by Gasteiger charge is 2.29. The molecule has 4 rings (SSSR count). The summed E-state index contributed by atoms with van der Waals surface area (Å²) in [5.41, 5.74) is 8.89. The molecule has 1 aliphatic rings. The van der Waals surface area contributed by atoms with Gasteiger partial charge in [-0.1, -0.05) is 59.8 Å². The smallest absolute Gasteiger partial charge is 0.248 e. The zero-order chi connectivity index (χ0) is 17.8. The predicted molar refractivity (Wildman–Crippen MR) is 105 cm³/mol. The van der Waals surface area contributed by atoms with E-state index in [9.17, 15) is 0 Å². The number of nitrogens with two attached hydrogens (primary N) is 1. The van der Waals surface area contributed by atoms with Crippen LogP contribution in [0, 0.1) is 0 Å². The molecular formula is C20H22N4OS. The van der Waals surface area contributed by atoms with Crippen LogP contribution >= 0.6 is 11.8 Å². The zero-order valence-electron chi connectivity index (χ0n) is 14.5. The molecule has 6 heteroatoms. The molecule has 1 saturated heterocycles. The highest BCUT2D eigenvalue weighted by atomic mass is 32.2. The summed E-state index contributed by atoms with van der Waals surface area (Å²) in [6.45, 7) is 2.57. The van der Waals surface area contributed by atoms with Crippen LogP contribution in [0.3, 0.4) is 0 Å². The van der Waals surface area contributed by atoms with Crippen molar-refractivity contribution >= 4 is 11.8 Å². The Morgan fingerprint density at radius 3 is 2.46 bits per heavy atom. The van der Waals surface area contributed by atoms with Crippen molar-refractivity contribution in [2.24, 2.45) is 5.73 Å². The molecular weight excluding hydrogens is 344 g/mol. The van der Waals surface area contributed by atoms with Crippen molar-refractivity contribution in [3.8, 4) is 11.4 Å². The lowest BCUT2D eigenvalue weighted by Gasteiger charge is -2.32. The predicted octanol–water partition coefficient (Wildman–Crippen LogP) is 3.33. The van der Waals surface area contributed by atoms with Crippen LogP contribution < -0.4 is 5.73 Å². The van der Waals surface area contributed by atoms with Gasteiger partial charge in [0.2, 0.25) is 11.7 Å². The van der Waals surface area contributed by atoms with Crippen LogP contribution in [0.4, 0.5) is 0 Å². The number of aromatic nitrogens is 2. The topological polar surface area (TPSA) is 68.2 Å². The maximum atomic E-state index is 5.71. The van der Waals surface area contributed by atoms with E-state index in [1.165, 1.54) is 5.56 Å². The first-order valence-electron chi connectivity index (χ1n) is 8.85. The molecule has 0 amide bonds. The van der Waals surface area contributed by atoms with Crippen molar-refractivity contribution in [1.29, 1.82) is 0 Å². The van der Waals surface area contributed by atoms with Gasteiger partial charge in [-0.15, -0.1) is 0 Å². The monoisotopic (exact) mass is 366 g/mol. The SMILES string of the molecule is NCc1ccc(-c2noc(C(c3ccccc3)N3CCSCC3)n2)cc1. The molecule has 2 N–H and O–H groups in total. The average molecular weight is 366 g/mol. The summed E-state index contributed by atoms with van der Waals surface area (Å²) in [5.74, 6) is 3.53. The molecule has 0 aliphatic carbocycles. The van der Waals surface area contributed by atoms with Crippen molar-refractivity contribution in [3.05, 3.63) is 71.6 Å². The molecule has 0 bridgehead atoms. The van der Waals surface area contributed by atoms with Gasteiger partial charge in [0.1, 0.15) is 6.04 Å². The molecule has 1 atom stereocenters. The number of rotatable bonds is 5. The van der Waals surface area contributed by atoms with Crippen molar-refractivity contribution in [3.63, 3.8) is 0 Å². The Labute approximate surface area is 157 Å². The van der Waals surface area contributed by atoms with E-state index in [1.807, 2.05) is 42.1 Å². The Bertz CT molecular complexity index is 829. The van der Waals surface area contributed by atoms with Gasteiger partial charge in [-0.25, -0.2) is 0 Å². The molecule has 0 spiro atoms. The lowest BCUT2D eigenvalue weighted by Crippen LogP contribution is -2.36. The summed E-state index contributed by atoms with van der Waals surface area (Å²) >= 11 is 1.99. The first kappa shape index (κ1) is 17.3. The molecule has 2 heterocycles. The van der Waals surface area contributed by atoms with Crippen LogP contribution in [-0.4, -0.2) is 39.6 Å². The largest absolute Gasteiger partial charge is 0.337 e. The first-order chi connectivity index (χ1) is 12.8. The van der Waals surface area contributed by atoms with Gasteiger partial charge in [0.25, 0.3) is 0 Å². The van der Waals surface area contributed by atoms with Gasteiger partial charge in [-0.2, -0.15) is 16.7 Å². The van der Waals surface area contributed by atoms with Crippen molar-refractivity contribution < 1.29 is 4.52 Å². The van der Waals surface area contributed by atoms with Crippen molar-refractivity contribution in [2.45, 2.75) is 12.6 Å². The zero-order valence-corrected chi connectivity index (χ0v) is 15.4. The van der Waals surface area contributed by atoms with Gasteiger partial charge in [0, 0.05) is 36.7 Å². The van der Waals surface area contributed by atoms with E-state index in [2.05, 4.69) is 34.3 Å². The first-order valence-corrected chi connectivity index (χ1v) is 10.0. The normalized spacial score (nSPS) is 16.5. The van der Waals surface area contributed by atoms with Crippen LogP contribution in [0.2, 0.25) is 0 Å². The Kier molecular flexibility index (Phi) is 5.34. The van der Waals surface area contributed by atoms with Crippen LogP contribution in [0.25, 0.3) is 11.4 Å². The van der Waals surface area contributed by atoms with Crippen LogP contribution in [-0.2, 0) is 6.54 Å². The van der Waals surface area contributed by atoms with Gasteiger partial charge in [0.15, 0.2) is 0 Å². The molecule has 1 fully saturated rings. The van der Waals surface area contributed by atoms with E-state index < -0.39 is 0 Å². The van der Waals surface area contributed by atoms with Gasteiger partial charge < -0.3 is 10.3 Å². The van der Waals surface area contributed by atoms with E-state index in [1.54, 1.807) is 0 Å². The van der Waals surface area contributed by atoms with Crippen LogP contribution in [0.5, 0.6) is 0 Å². The number of thioether (sulfide) groups is 1. The quantitative estimate of drug-likeness (QED) is 0.747. The van der Waals surface area contributed by atoms with E-state index in [0.29, 0.717) is 18.3 Å². The van der Waals surface area contributed by atoms with Crippen LogP contribution in [0.15, 0.2) is 59.1 Å². The summed E-state index contributed by atoms with van der Waals surface area (Å²) < 4.78 is 5.71. The fraction of sp³-hybridized carbons (Fsp3) is 0.300. The maximum absolute atomic E-state index is 5.71. The van der Waals surface area contributed by atoms with E-state index in [0.717, 1.165) is 35.7 Å². The number of hydrogen-bond acceptors (Lipinski definition) is 6. The minimum Gasteiger partial charge on any atom is -0.337 e. The van der Waals surface area contributed by atoms with E-state index in [4.69, 9.17) is 15.2 Å². The third-order valence-corrected chi connectivity index (χ3v) is 5.59. The summed E-state index contributed by atoms with van der Waals surface area (Å²) in [5, 5.41) is 4.23. The Hall–Kier alpha value is -2.15. The second-order valence-electron chi connectivity index (χ2n) is 6.32. The molecule has 1 aliphatic heterocycles. The second kappa shape index (κ2) is 8.03. The molecule has 134 valence electrons. The lowest BCUT2D eigenvalue weighted by molar-refractivity contribution is 0.204. The summed E-state index contributed by atoms with van der Waals surface area (Å²) in [6.07, 6.45) is 0. The summed E-state index contributed by atoms with van der Waals surface area (Å²) in [4.78, 5) is 7.16. The average Bonchev–Trinajstić information content (AvgIpc) is 3.19. The molecule has 2 aromatic carbocycles. The highest BCUT2D eigenvalue weighted by Crippen LogP contribution is 2.31. The Morgan fingerprint density at radius 2 is 1.77 bits per heavy atom. The van der Waals surface area contributed by atoms with Crippen molar-refractivity contribution in [1.82, 2.24) is 15.0 Å². The molecule has 5 nitrogen and oxygen atoms in total. The Balaban J connectivity index is 1.66. The third kappa shape index (κ3) is 3.67. The standard InChI is InChI=1S/C20H22N4OS/c21-14-15-6-8-17(9-7-15)19-22-20(25-23-19)18(16-4-2-1-3-5-16)24-10-12-26-13-11-24/h1-9,18H,10-14,21H2. The van der Waals surface area contributed by atoms with Gasteiger partial charge in [-0.05, 0) is 11.1 Å². The fourth-order valence-electron chi connectivity index (χ4n) is 3.23. The van der Waals surface area contributed by atoms with Gasteiger partial charge >= 0.3 is 0 Å². The van der Waals surface area contributed by atoms with Gasteiger partial charge in [-0.3, -0.25) is 4.90 Å². The van der Waals surface area contributed by atoms with Gasteiger partial charge in [0.05, 0.1) is 0 Å². The fourth-order valence-corrected chi connectivity index (χ4v) is 4.17. The number of nitrogens with zero attached hydrogens (tertiary/aromatic N) is 3. The van der Waals surface area contributed by atoms with E-state index in [-0.39, 0.29) is 6.04 Å². The molecule has 26 heavy (non-hydrogen) atoms. The molecule has 1 aromatic heterocycles. The van der Waals surface area contributed by atoms with Crippen LogP contribution in [0.1, 0.15) is 23.1 Å². The minimum atomic E-state index is 0.00154. The maximum Gasteiger partial charge on any atom is 0.248 e. The molecule has 3 aromatic rings. The number of benzene rings is 2.